The summed E-state index contributed by atoms with van der Waals surface area (Å²) in [6.45, 7) is 3.93. The monoisotopic (exact) mass is 275 g/mol. The Balaban J connectivity index is 1.72. The highest BCUT2D eigenvalue weighted by Crippen LogP contribution is 2.18. The van der Waals surface area contributed by atoms with Gasteiger partial charge in [-0.25, -0.2) is 0 Å². The molecular formula is C14H21N5O. The smallest absolute Gasteiger partial charge is 0.252 e. The third kappa shape index (κ3) is 4.87. The first-order chi connectivity index (χ1) is 9.79. The minimum atomic E-state index is -0.117. The average molecular weight is 275 g/mol. The summed E-state index contributed by atoms with van der Waals surface area (Å²) < 4.78 is 0. The molecule has 0 spiro atoms. The molecule has 1 aromatic rings. The average Bonchev–Trinajstić information content (AvgIpc) is 3.28. The maximum absolute atomic E-state index is 11.8. The molecule has 0 aromatic carbocycles. The second-order valence-electron chi connectivity index (χ2n) is 4.68. The van der Waals surface area contributed by atoms with Gasteiger partial charge >= 0.3 is 0 Å². The summed E-state index contributed by atoms with van der Waals surface area (Å²) in [7, 11) is 0. The van der Waals surface area contributed by atoms with Crippen LogP contribution in [-0.4, -0.2) is 42.5 Å². The van der Waals surface area contributed by atoms with Gasteiger partial charge in [-0.1, -0.05) is 0 Å². The number of hydrogen-bond donors (Lipinski definition) is 3. The third-order valence-corrected chi connectivity index (χ3v) is 2.85. The first kappa shape index (κ1) is 14.3. The van der Waals surface area contributed by atoms with Gasteiger partial charge in [-0.15, -0.1) is 0 Å². The molecular weight excluding hydrogens is 254 g/mol. The molecule has 0 saturated heterocycles. The lowest BCUT2D eigenvalue weighted by Crippen LogP contribution is -2.39. The van der Waals surface area contributed by atoms with Crippen LogP contribution in [0.25, 0.3) is 0 Å². The molecule has 0 unspecified atom stereocenters. The van der Waals surface area contributed by atoms with E-state index in [-0.39, 0.29) is 5.91 Å². The molecule has 0 radical (unpaired) electrons. The maximum Gasteiger partial charge on any atom is 0.252 e. The number of guanidine groups is 1. The van der Waals surface area contributed by atoms with E-state index in [4.69, 9.17) is 0 Å². The molecule has 1 aliphatic carbocycles. The fourth-order valence-electron chi connectivity index (χ4n) is 1.68. The van der Waals surface area contributed by atoms with E-state index in [0.29, 0.717) is 24.7 Å². The normalized spacial score (nSPS) is 14.8. The van der Waals surface area contributed by atoms with Crippen LogP contribution in [0.5, 0.6) is 0 Å². The molecule has 1 saturated carbocycles. The van der Waals surface area contributed by atoms with Gasteiger partial charge in [-0.3, -0.25) is 14.8 Å². The Kier molecular flexibility index (Phi) is 5.34. The summed E-state index contributed by atoms with van der Waals surface area (Å²) in [5, 5.41) is 9.34. The maximum atomic E-state index is 11.8. The Hall–Kier alpha value is -2.11. The number of carbonyl (C=O) groups is 1. The predicted octanol–water partition coefficient (Wildman–Crippen LogP) is 0.529. The van der Waals surface area contributed by atoms with Crippen LogP contribution < -0.4 is 16.0 Å². The van der Waals surface area contributed by atoms with Crippen LogP contribution in [-0.2, 0) is 0 Å². The number of amides is 1. The predicted molar refractivity (Wildman–Crippen MR) is 78.7 cm³/mol. The highest BCUT2D eigenvalue weighted by molar-refractivity contribution is 5.93. The minimum Gasteiger partial charge on any atom is -0.357 e. The highest BCUT2D eigenvalue weighted by Gasteiger charge is 2.21. The van der Waals surface area contributed by atoms with Gasteiger partial charge in [-0.2, -0.15) is 0 Å². The largest absolute Gasteiger partial charge is 0.357 e. The van der Waals surface area contributed by atoms with Crippen molar-refractivity contribution in [2.24, 2.45) is 4.99 Å². The molecule has 1 aromatic heterocycles. The number of carbonyl (C=O) groups excluding carboxylic acids is 1. The SMILES string of the molecule is CCNC(=NCCNC(=O)c1cccnc1)NC1CC1. The molecule has 108 valence electrons. The molecule has 2 rings (SSSR count). The van der Waals surface area contributed by atoms with Gasteiger partial charge in [0, 0.05) is 31.5 Å². The molecule has 0 atom stereocenters. The summed E-state index contributed by atoms with van der Waals surface area (Å²) in [6, 6.07) is 4.05. The summed E-state index contributed by atoms with van der Waals surface area (Å²) in [4.78, 5) is 20.1. The Morgan fingerprint density at radius 3 is 2.95 bits per heavy atom. The van der Waals surface area contributed by atoms with Crippen molar-refractivity contribution in [2.75, 3.05) is 19.6 Å². The summed E-state index contributed by atoms with van der Waals surface area (Å²) in [5.41, 5.74) is 0.569. The second kappa shape index (κ2) is 7.47. The van der Waals surface area contributed by atoms with Crippen molar-refractivity contribution in [2.45, 2.75) is 25.8 Å². The number of rotatable bonds is 6. The van der Waals surface area contributed by atoms with E-state index in [1.165, 1.54) is 12.8 Å². The van der Waals surface area contributed by atoms with Gasteiger partial charge in [0.05, 0.1) is 12.1 Å². The van der Waals surface area contributed by atoms with Gasteiger partial charge in [0.25, 0.3) is 5.91 Å². The van der Waals surface area contributed by atoms with Crippen LogP contribution in [0.4, 0.5) is 0 Å². The van der Waals surface area contributed by atoms with Crippen LogP contribution in [0.2, 0.25) is 0 Å². The first-order valence-electron chi connectivity index (χ1n) is 7.02. The summed E-state index contributed by atoms with van der Waals surface area (Å²) in [6.07, 6.45) is 5.62. The molecule has 1 heterocycles. The molecule has 0 bridgehead atoms. The van der Waals surface area contributed by atoms with Crippen LogP contribution in [0.15, 0.2) is 29.5 Å². The van der Waals surface area contributed by atoms with Crippen molar-refractivity contribution in [1.29, 1.82) is 0 Å². The molecule has 1 aliphatic rings. The number of aliphatic imine (C=N–C) groups is 1. The van der Waals surface area contributed by atoms with E-state index < -0.39 is 0 Å². The van der Waals surface area contributed by atoms with E-state index in [0.717, 1.165) is 12.5 Å². The van der Waals surface area contributed by atoms with Gasteiger partial charge < -0.3 is 16.0 Å². The summed E-state index contributed by atoms with van der Waals surface area (Å²) >= 11 is 0. The highest BCUT2D eigenvalue weighted by atomic mass is 16.1. The molecule has 6 nitrogen and oxygen atoms in total. The summed E-state index contributed by atoms with van der Waals surface area (Å²) in [5.74, 6) is 0.707. The Morgan fingerprint density at radius 1 is 1.45 bits per heavy atom. The molecule has 1 fully saturated rings. The first-order valence-corrected chi connectivity index (χ1v) is 7.02. The lowest BCUT2D eigenvalue weighted by Gasteiger charge is -2.10. The Labute approximate surface area is 119 Å². The molecule has 6 heteroatoms. The van der Waals surface area contributed by atoms with Crippen molar-refractivity contribution < 1.29 is 4.79 Å². The van der Waals surface area contributed by atoms with Crippen molar-refractivity contribution in [3.05, 3.63) is 30.1 Å². The van der Waals surface area contributed by atoms with Crippen LogP contribution in [0, 0.1) is 0 Å². The van der Waals surface area contributed by atoms with Gasteiger partial charge in [0.15, 0.2) is 5.96 Å². The second-order valence-corrected chi connectivity index (χ2v) is 4.68. The topological polar surface area (TPSA) is 78.4 Å². The molecule has 20 heavy (non-hydrogen) atoms. The Morgan fingerprint density at radius 2 is 2.30 bits per heavy atom. The van der Waals surface area contributed by atoms with Gasteiger partial charge in [0.2, 0.25) is 0 Å². The Bertz CT molecular complexity index is 456. The van der Waals surface area contributed by atoms with Crippen molar-refractivity contribution in [3.8, 4) is 0 Å². The lowest BCUT2D eigenvalue weighted by molar-refractivity contribution is 0.0954. The number of pyridine rings is 1. The zero-order chi connectivity index (χ0) is 14.2. The van der Waals surface area contributed by atoms with E-state index in [2.05, 4.69) is 25.9 Å². The van der Waals surface area contributed by atoms with Crippen molar-refractivity contribution >= 4 is 11.9 Å². The molecule has 1 amide bonds. The van der Waals surface area contributed by atoms with Crippen LogP contribution >= 0.6 is 0 Å². The van der Waals surface area contributed by atoms with E-state index in [1.807, 2.05) is 6.92 Å². The van der Waals surface area contributed by atoms with Crippen LogP contribution in [0.3, 0.4) is 0 Å². The van der Waals surface area contributed by atoms with Crippen LogP contribution in [0.1, 0.15) is 30.1 Å². The van der Waals surface area contributed by atoms with E-state index >= 15 is 0 Å². The number of nitrogens with one attached hydrogen (secondary N) is 3. The van der Waals surface area contributed by atoms with E-state index in [9.17, 15) is 4.79 Å². The third-order valence-electron chi connectivity index (χ3n) is 2.85. The zero-order valence-corrected chi connectivity index (χ0v) is 11.7. The van der Waals surface area contributed by atoms with Crippen molar-refractivity contribution in [3.63, 3.8) is 0 Å². The lowest BCUT2D eigenvalue weighted by atomic mass is 10.3. The molecule has 3 N–H and O–H groups in total. The fourth-order valence-corrected chi connectivity index (χ4v) is 1.68. The molecule has 0 aliphatic heterocycles. The fraction of sp³-hybridized carbons (Fsp3) is 0.500. The van der Waals surface area contributed by atoms with Gasteiger partial charge in [0.1, 0.15) is 0 Å². The number of hydrogen-bond acceptors (Lipinski definition) is 3. The number of nitrogens with zero attached hydrogens (tertiary/aromatic N) is 2. The van der Waals surface area contributed by atoms with E-state index in [1.54, 1.807) is 24.5 Å². The van der Waals surface area contributed by atoms with Crippen molar-refractivity contribution in [1.82, 2.24) is 20.9 Å². The zero-order valence-electron chi connectivity index (χ0n) is 11.7. The minimum absolute atomic E-state index is 0.117. The number of aromatic nitrogens is 1. The quantitative estimate of drug-likeness (QED) is 0.402. The standard InChI is InChI=1S/C14H21N5O/c1-2-16-14(19-12-5-6-12)18-9-8-17-13(20)11-4-3-7-15-10-11/h3-4,7,10,12H,2,5-6,8-9H2,1H3,(H,17,20)(H2,16,18,19). The van der Waals surface area contributed by atoms with Gasteiger partial charge in [-0.05, 0) is 31.9 Å².